The fourth-order valence-electron chi connectivity index (χ4n) is 2.01. The van der Waals surface area contributed by atoms with Crippen LogP contribution in [0.25, 0.3) is 11.4 Å². The summed E-state index contributed by atoms with van der Waals surface area (Å²) in [5, 5.41) is 5.65. The van der Waals surface area contributed by atoms with E-state index in [1.165, 1.54) is 0 Å². The van der Waals surface area contributed by atoms with E-state index in [4.69, 9.17) is 0 Å². The molecule has 5 nitrogen and oxygen atoms in total. The Bertz CT molecular complexity index is 676. The first-order valence-electron chi connectivity index (χ1n) is 6.19. The molecule has 3 rings (SSSR count). The van der Waals surface area contributed by atoms with Crippen LogP contribution in [-0.4, -0.2) is 33.8 Å². The fourth-order valence-corrected chi connectivity index (χ4v) is 2.01. The number of nitrogens with one attached hydrogen (secondary N) is 1. The second-order valence-electron chi connectivity index (χ2n) is 4.71. The van der Waals surface area contributed by atoms with E-state index < -0.39 is 11.9 Å². The average Bonchev–Trinajstić information content (AvgIpc) is 3.07. The van der Waals surface area contributed by atoms with Gasteiger partial charge in [-0.1, -0.05) is 6.07 Å². The second kappa shape index (κ2) is 4.80. The van der Waals surface area contributed by atoms with Crippen molar-refractivity contribution in [3.63, 3.8) is 0 Å². The Morgan fingerprint density at radius 1 is 1.24 bits per heavy atom. The van der Waals surface area contributed by atoms with Gasteiger partial charge < -0.3 is 9.80 Å². The van der Waals surface area contributed by atoms with Gasteiger partial charge in [-0.05, 0) is 18.2 Å². The van der Waals surface area contributed by atoms with E-state index in [1.54, 1.807) is 18.2 Å². The number of rotatable bonds is 2. The predicted octanol–water partition coefficient (Wildman–Crippen LogP) is 2.67. The van der Waals surface area contributed by atoms with Crippen LogP contribution in [0.2, 0.25) is 0 Å². The predicted molar refractivity (Wildman–Crippen MR) is 71.1 cm³/mol. The fraction of sp³-hybridized carbons (Fsp3) is 0.231. The summed E-state index contributed by atoms with van der Waals surface area (Å²) in [5.41, 5.74) is -0.301. The van der Waals surface area contributed by atoms with Crippen molar-refractivity contribution in [2.45, 2.75) is 6.18 Å². The number of pyridine rings is 1. The van der Waals surface area contributed by atoms with Crippen LogP contribution in [0.3, 0.4) is 0 Å². The zero-order valence-corrected chi connectivity index (χ0v) is 11.1. The molecular formula is C13H12F3N5. The molecule has 21 heavy (non-hydrogen) atoms. The van der Waals surface area contributed by atoms with E-state index in [-0.39, 0.29) is 5.69 Å². The molecule has 8 heteroatoms. The quantitative estimate of drug-likeness (QED) is 0.925. The number of anilines is 1. The Kier molecular flexibility index (Phi) is 3.08. The summed E-state index contributed by atoms with van der Waals surface area (Å²) in [7, 11) is 1.92. The number of nitrogens with zero attached hydrogens (tertiary/aromatic N) is 4. The van der Waals surface area contributed by atoms with Crippen LogP contribution >= 0.6 is 0 Å². The molecule has 1 N–H and O–H groups in total. The van der Waals surface area contributed by atoms with E-state index in [9.17, 15) is 13.2 Å². The number of halogens is 3. The van der Waals surface area contributed by atoms with Crippen LogP contribution in [0.1, 0.15) is 5.69 Å². The van der Waals surface area contributed by atoms with Crippen LogP contribution in [0, 0.1) is 0 Å². The Labute approximate surface area is 118 Å². The highest BCUT2D eigenvalue weighted by Crippen LogP contribution is 2.30. The lowest BCUT2D eigenvalue weighted by atomic mass is 10.2. The molecule has 0 saturated carbocycles. The summed E-state index contributed by atoms with van der Waals surface area (Å²) in [6, 6.07) is 6.14. The highest BCUT2D eigenvalue weighted by atomic mass is 19.4. The minimum absolute atomic E-state index is 0.237. The van der Waals surface area contributed by atoms with Crippen LogP contribution in [0.4, 0.5) is 19.0 Å². The molecule has 0 spiro atoms. The monoisotopic (exact) mass is 295 g/mol. The summed E-state index contributed by atoms with van der Waals surface area (Å²) >= 11 is 0. The van der Waals surface area contributed by atoms with Crippen LogP contribution < -0.4 is 4.90 Å². The highest BCUT2D eigenvalue weighted by molar-refractivity contribution is 5.58. The molecule has 0 bridgehead atoms. The molecule has 1 aliphatic rings. The van der Waals surface area contributed by atoms with Gasteiger partial charge in [0.1, 0.15) is 5.82 Å². The molecule has 0 fully saturated rings. The first kappa shape index (κ1) is 13.5. The lowest BCUT2D eigenvalue weighted by Gasteiger charge is -2.17. The second-order valence-corrected chi connectivity index (χ2v) is 4.71. The summed E-state index contributed by atoms with van der Waals surface area (Å²) in [4.78, 5) is 8.22. The Morgan fingerprint density at radius 2 is 2.05 bits per heavy atom. The standard InChI is InChI=1S/C13H12F3N5/c1-20-5-6-21(8-20)12-4-2-3-9(17-12)10-7-11(19-18-10)13(14,15)16/h2-7H,8H2,1H3,(H,18,19). The van der Waals surface area contributed by atoms with Gasteiger partial charge in [0.25, 0.3) is 0 Å². The van der Waals surface area contributed by atoms with Gasteiger partial charge in [-0.2, -0.15) is 18.3 Å². The molecule has 2 aromatic heterocycles. The molecule has 110 valence electrons. The van der Waals surface area contributed by atoms with Crippen molar-refractivity contribution in [3.8, 4) is 11.4 Å². The molecule has 0 aromatic carbocycles. The van der Waals surface area contributed by atoms with Crippen molar-refractivity contribution in [2.24, 2.45) is 0 Å². The molecule has 0 unspecified atom stereocenters. The molecule has 3 heterocycles. The minimum atomic E-state index is -4.47. The minimum Gasteiger partial charge on any atom is -0.361 e. The van der Waals surface area contributed by atoms with Gasteiger partial charge in [-0.25, -0.2) is 4.98 Å². The molecule has 0 amide bonds. The molecular weight excluding hydrogens is 283 g/mol. The normalized spacial score (nSPS) is 15.0. The van der Waals surface area contributed by atoms with Crippen LogP contribution in [-0.2, 0) is 6.18 Å². The third kappa shape index (κ3) is 2.69. The number of hydrogen-bond donors (Lipinski definition) is 1. The number of aromatic amines is 1. The Balaban J connectivity index is 1.90. The third-order valence-corrected chi connectivity index (χ3v) is 3.05. The van der Waals surface area contributed by atoms with Crippen LogP contribution in [0.15, 0.2) is 36.7 Å². The van der Waals surface area contributed by atoms with Crippen molar-refractivity contribution in [3.05, 3.63) is 42.4 Å². The largest absolute Gasteiger partial charge is 0.435 e. The summed E-state index contributed by atoms with van der Waals surface area (Å²) < 4.78 is 37.7. The number of alkyl halides is 3. The Hall–Kier alpha value is -2.51. The van der Waals surface area contributed by atoms with E-state index in [2.05, 4.69) is 15.2 Å². The maximum Gasteiger partial charge on any atom is 0.435 e. The van der Waals surface area contributed by atoms with Gasteiger partial charge in [0.2, 0.25) is 0 Å². The molecule has 0 radical (unpaired) electrons. The zero-order chi connectivity index (χ0) is 15.0. The SMILES string of the molecule is CN1C=CN(c2cccc(-c3cc(C(F)(F)F)n[nH]3)n2)C1. The zero-order valence-electron chi connectivity index (χ0n) is 11.1. The lowest BCUT2D eigenvalue weighted by Crippen LogP contribution is -2.22. The average molecular weight is 295 g/mol. The third-order valence-electron chi connectivity index (χ3n) is 3.05. The molecule has 1 aliphatic heterocycles. The van der Waals surface area contributed by atoms with E-state index >= 15 is 0 Å². The first-order valence-corrected chi connectivity index (χ1v) is 6.19. The van der Waals surface area contributed by atoms with Gasteiger partial charge in [-0.15, -0.1) is 0 Å². The Morgan fingerprint density at radius 3 is 2.67 bits per heavy atom. The number of hydrogen-bond acceptors (Lipinski definition) is 4. The van der Waals surface area contributed by atoms with Crippen molar-refractivity contribution in [1.82, 2.24) is 20.1 Å². The maximum atomic E-state index is 12.6. The molecule has 0 saturated heterocycles. The van der Waals surface area contributed by atoms with Gasteiger partial charge >= 0.3 is 6.18 Å². The summed E-state index contributed by atoms with van der Waals surface area (Å²) in [6.07, 6.45) is -0.709. The molecule has 0 aliphatic carbocycles. The molecule has 2 aromatic rings. The van der Waals surface area contributed by atoms with E-state index in [0.717, 1.165) is 6.07 Å². The number of H-pyrrole nitrogens is 1. The van der Waals surface area contributed by atoms with Crippen LogP contribution in [0.5, 0.6) is 0 Å². The summed E-state index contributed by atoms with van der Waals surface area (Å²) in [6.45, 7) is 0.646. The molecule has 0 atom stereocenters. The lowest BCUT2D eigenvalue weighted by molar-refractivity contribution is -0.141. The maximum absolute atomic E-state index is 12.6. The van der Waals surface area contributed by atoms with E-state index in [1.807, 2.05) is 29.2 Å². The smallest absolute Gasteiger partial charge is 0.361 e. The highest BCUT2D eigenvalue weighted by Gasteiger charge is 2.34. The van der Waals surface area contributed by atoms with Gasteiger partial charge in [-0.3, -0.25) is 5.10 Å². The summed E-state index contributed by atoms with van der Waals surface area (Å²) in [5.74, 6) is 0.663. The van der Waals surface area contributed by atoms with Crippen molar-refractivity contribution in [2.75, 3.05) is 18.6 Å². The van der Waals surface area contributed by atoms with Crippen molar-refractivity contribution in [1.29, 1.82) is 0 Å². The number of aromatic nitrogens is 3. The van der Waals surface area contributed by atoms with Gasteiger partial charge in [0, 0.05) is 19.4 Å². The topological polar surface area (TPSA) is 48.0 Å². The van der Waals surface area contributed by atoms with E-state index in [0.29, 0.717) is 18.2 Å². The van der Waals surface area contributed by atoms with Crippen molar-refractivity contribution < 1.29 is 13.2 Å². The van der Waals surface area contributed by atoms with Crippen molar-refractivity contribution >= 4 is 5.82 Å². The van der Waals surface area contributed by atoms with Gasteiger partial charge in [0.15, 0.2) is 5.69 Å². The van der Waals surface area contributed by atoms with Gasteiger partial charge in [0.05, 0.1) is 18.1 Å². The first-order chi connectivity index (χ1) is 9.93.